The lowest BCUT2D eigenvalue weighted by molar-refractivity contribution is 0.585. The summed E-state index contributed by atoms with van der Waals surface area (Å²) >= 11 is 1.28. The first-order chi connectivity index (χ1) is 10.7. The van der Waals surface area contributed by atoms with E-state index in [1.807, 2.05) is 12.1 Å². The van der Waals surface area contributed by atoms with Crippen molar-refractivity contribution in [3.63, 3.8) is 0 Å². The molecule has 1 aromatic carbocycles. The summed E-state index contributed by atoms with van der Waals surface area (Å²) in [5.41, 5.74) is 4.35. The summed E-state index contributed by atoms with van der Waals surface area (Å²) in [4.78, 5) is 8.13. The third kappa shape index (κ3) is 3.32. The molecule has 2 heterocycles. The molecule has 0 aliphatic carbocycles. The van der Waals surface area contributed by atoms with Crippen LogP contribution in [0.5, 0.6) is 0 Å². The summed E-state index contributed by atoms with van der Waals surface area (Å²) in [6.07, 6.45) is 4.96. The fourth-order valence-electron chi connectivity index (χ4n) is 1.76. The first kappa shape index (κ1) is 14.3. The lowest BCUT2D eigenvalue weighted by Crippen LogP contribution is -1.91. The first-order valence-electron chi connectivity index (χ1n) is 6.32. The molecule has 0 saturated carbocycles. The average molecular weight is 316 g/mol. The molecule has 2 aromatic heterocycles. The van der Waals surface area contributed by atoms with Gasteiger partial charge in [-0.05, 0) is 29.8 Å². The van der Waals surface area contributed by atoms with Crippen LogP contribution >= 0.6 is 11.3 Å². The number of hydrogen-bond donors (Lipinski definition) is 1. The summed E-state index contributed by atoms with van der Waals surface area (Å²) < 4.78 is 26.6. The van der Waals surface area contributed by atoms with Crippen LogP contribution in [0, 0.1) is 11.6 Å². The van der Waals surface area contributed by atoms with E-state index >= 15 is 0 Å². The quantitative estimate of drug-likeness (QED) is 0.586. The second kappa shape index (κ2) is 6.40. The minimum Gasteiger partial charge on any atom is -0.265 e. The Hall–Kier alpha value is -2.67. The number of pyridine rings is 1. The van der Waals surface area contributed by atoms with Crippen LogP contribution in [-0.2, 0) is 0 Å². The fourth-order valence-corrected chi connectivity index (χ4v) is 2.42. The molecule has 0 fully saturated rings. The van der Waals surface area contributed by atoms with Crippen LogP contribution in [0.3, 0.4) is 0 Å². The number of hydrogen-bond acceptors (Lipinski definition) is 5. The zero-order valence-corrected chi connectivity index (χ0v) is 12.0. The Morgan fingerprint density at radius 1 is 1.14 bits per heavy atom. The molecule has 0 aliphatic heterocycles. The van der Waals surface area contributed by atoms with Crippen LogP contribution in [0.15, 0.2) is 53.2 Å². The van der Waals surface area contributed by atoms with Crippen molar-refractivity contribution in [1.29, 1.82) is 0 Å². The zero-order chi connectivity index (χ0) is 15.4. The Balaban J connectivity index is 1.73. The normalized spacial score (nSPS) is 11.0. The maximum atomic E-state index is 13.7. The van der Waals surface area contributed by atoms with E-state index in [0.29, 0.717) is 10.8 Å². The fraction of sp³-hybridized carbons (Fsp3) is 0. The molecule has 0 spiro atoms. The number of thiazole rings is 1. The van der Waals surface area contributed by atoms with Gasteiger partial charge < -0.3 is 0 Å². The molecule has 0 bridgehead atoms. The molecule has 0 amide bonds. The lowest BCUT2D eigenvalue weighted by Gasteiger charge is -1.99. The minimum atomic E-state index is -0.642. The highest BCUT2D eigenvalue weighted by Gasteiger charge is 2.10. The van der Waals surface area contributed by atoms with Gasteiger partial charge in [0.15, 0.2) is 0 Å². The van der Waals surface area contributed by atoms with Gasteiger partial charge in [0.2, 0.25) is 5.13 Å². The molecular formula is C15H10F2N4S. The molecular weight excluding hydrogens is 306 g/mol. The Bertz CT molecular complexity index is 802. The van der Waals surface area contributed by atoms with E-state index in [1.54, 1.807) is 24.0 Å². The lowest BCUT2D eigenvalue weighted by atomic mass is 10.1. The van der Waals surface area contributed by atoms with E-state index in [1.165, 1.54) is 23.5 Å². The van der Waals surface area contributed by atoms with Crippen molar-refractivity contribution in [3.05, 3.63) is 65.3 Å². The molecule has 4 nitrogen and oxygen atoms in total. The van der Waals surface area contributed by atoms with Crippen molar-refractivity contribution in [3.8, 4) is 11.3 Å². The standard InChI is InChI=1S/C15H10F2N4S/c16-11-1-2-12(13(17)7-11)14-9-22-15(20-14)21-19-8-10-3-5-18-6-4-10/h1-9H,(H,20,21)/b19-8+. The van der Waals surface area contributed by atoms with E-state index in [9.17, 15) is 8.78 Å². The Labute approximate surface area is 129 Å². The van der Waals surface area contributed by atoms with Gasteiger partial charge in [-0.2, -0.15) is 5.10 Å². The predicted molar refractivity (Wildman–Crippen MR) is 82.9 cm³/mol. The van der Waals surface area contributed by atoms with Crippen molar-refractivity contribution in [2.75, 3.05) is 5.43 Å². The molecule has 0 unspecified atom stereocenters. The van der Waals surface area contributed by atoms with E-state index < -0.39 is 11.6 Å². The van der Waals surface area contributed by atoms with Crippen LogP contribution in [0.4, 0.5) is 13.9 Å². The Kier molecular flexibility index (Phi) is 4.15. The minimum absolute atomic E-state index is 0.254. The average Bonchev–Trinajstić information content (AvgIpc) is 2.97. The molecule has 0 atom stereocenters. The van der Waals surface area contributed by atoms with Gasteiger partial charge in [-0.25, -0.2) is 13.8 Å². The van der Waals surface area contributed by atoms with Gasteiger partial charge >= 0.3 is 0 Å². The van der Waals surface area contributed by atoms with Crippen LogP contribution in [0.1, 0.15) is 5.56 Å². The first-order valence-corrected chi connectivity index (χ1v) is 7.20. The number of aromatic nitrogens is 2. The van der Waals surface area contributed by atoms with Crippen LogP contribution in [0.25, 0.3) is 11.3 Å². The largest absolute Gasteiger partial charge is 0.265 e. The molecule has 0 radical (unpaired) electrons. The van der Waals surface area contributed by atoms with Crippen LogP contribution in [-0.4, -0.2) is 16.2 Å². The van der Waals surface area contributed by atoms with E-state index in [2.05, 4.69) is 20.5 Å². The zero-order valence-electron chi connectivity index (χ0n) is 11.2. The van der Waals surface area contributed by atoms with Gasteiger partial charge in [0, 0.05) is 29.4 Å². The van der Waals surface area contributed by atoms with E-state index in [4.69, 9.17) is 0 Å². The van der Waals surface area contributed by atoms with Gasteiger partial charge in [-0.1, -0.05) is 0 Å². The van der Waals surface area contributed by atoms with Crippen molar-refractivity contribution < 1.29 is 8.78 Å². The van der Waals surface area contributed by atoms with E-state index in [-0.39, 0.29) is 5.56 Å². The van der Waals surface area contributed by atoms with Crippen molar-refractivity contribution in [2.24, 2.45) is 5.10 Å². The molecule has 22 heavy (non-hydrogen) atoms. The molecule has 1 N–H and O–H groups in total. The Morgan fingerprint density at radius 2 is 1.95 bits per heavy atom. The highest BCUT2D eigenvalue weighted by Crippen LogP contribution is 2.27. The van der Waals surface area contributed by atoms with Gasteiger partial charge in [0.05, 0.1) is 11.9 Å². The third-order valence-corrected chi connectivity index (χ3v) is 3.54. The maximum Gasteiger partial charge on any atom is 0.203 e. The van der Waals surface area contributed by atoms with Crippen LogP contribution in [0.2, 0.25) is 0 Å². The number of anilines is 1. The molecule has 3 aromatic rings. The second-order valence-corrected chi connectivity index (χ2v) is 5.17. The number of benzene rings is 1. The molecule has 0 aliphatic rings. The smallest absolute Gasteiger partial charge is 0.203 e. The highest BCUT2D eigenvalue weighted by molar-refractivity contribution is 7.14. The number of nitrogens with zero attached hydrogens (tertiary/aromatic N) is 3. The summed E-state index contributed by atoms with van der Waals surface area (Å²) in [6.45, 7) is 0. The molecule has 7 heteroatoms. The molecule has 0 saturated heterocycles. The molecule has 3 rings (SSSR count). The second-order valence-electron chi connectivity index (χ2n) is 4.31. The van der Waals surface area contributed by atoms with Crippen molar-refractivity contribution in [2.45, 2.75) is 0 Å². The predicted octanol–water partition coefficient (Wildman–Crippen LogP) is 3.93. The van der Waals surface area contributed by atoms with Crippen molar-refractivity contribution >= 4 is 22.7 Å². The highest BCUT2D eigenvalue weighted by atomic mass is 32.1. The summed E-state index contributed by atoms with van der Waals surface area (Å²) in [7, 11) is 0. The Morgan fingerprint density at radius 3 is 2.73 bits per heavy atom. The summed E-state index contributed by atoms with van der Waals surface area (Å²) in [5, 5.41) is 6.25. The number of nitrogens with one attached hydrogen (secondary N) is 1. The molecule has 110 valence electrons. The maximum absolute atomic E-state index is 13.7. The van der Waals surface area contributed by atoms with Gasteiger partial charge in [-0.15, -0.1) is 11.3 Å². The van der Waals surface area contributed by atoms with Gasteiger partial charge in [0.25, 0.3) is 0 Å². The number of hydrazone groups is 1. The van der Waals surface area contributed by atoms with E-state index in [0.717, 1.165) is 11.6 Å². The summed E-state index contributed by atoms with van der Waals surface area (Å²) in [6, 6.07) is 7.03. The summed E-state index contributed by atoms with van der Waals surface area (Å²) in [5.74, 6) is -1.26. The van der Waals surface area contributed by atoms with Crippen LogP contribution < -0.4 is 5.43 Å². The number of rotatable bonds is 4. The van der Waals surface area contributed by atoms with Crippen molar-refractivity contribution in [1.82, 2.24) is 9.97 Å². The van der Waals surface area contributed by atoms with Gasteiger partial charge in [0.1, 0.15) is 11.6 Å². The monoisotopic (exact) mass is 316 g/mol. The number of halogens is 2. The third-order valence-electron chi connectivity index (χ3n) is 2.79. The SMILES string of the molecule is Fc1ccc(-c2csc(N/N=C/c3ccncc3)n2)c(F)c1. The van der Waals surface area contributed by atoms with Gasteiger partial charge in [-0.3, -0.25) is 10.4 Å². The topological polar surface area (TPSA) is 50.2 Å².